The maximum atomic E-state index is 13.9. The van der Waals surface area contributed by atoms with Crippen molar-refractivity contribution in [1.29, 1.82) is 0 Å². The number of hydrogen-bond acceptors (Lipinski definition) is 7. The lowest BCUT2D eigenvalue weighted by molar-refractivity contribution is -0.134. The molecule has 1 aromatic heterocycles. The molecular weight excluding hydrogens is 662 g/mol. The van der Waals surface area contributed by atoms with Gasteiger partial charge in [-0.25, -0.2) is 4.79 Å². The van der Waals surface area contributed by atoms with Gasteiger partial charge in [0, 0.05) is 32.0 Å². The van der Waals surface area contributed by atoms with Crippen molar-refractivity contribution in [3.8, 4) is 11.3 Å². The predicted molar refractivity (Wildman–Crippen MR) is 200 cm³/mol. The average molecular weight is 718 g/mol. The van der Waals surface area contributed by atoms with E-state index in [2.05, 4.69) is 20.9 Å². The molecule has 12 nitrogen and oxygen atoms in total. The molecule has 0 aliphatic rings. The number of nitrogens with one attached hydrogen (secondary N) is 3. The maximum Gasteiger partial charge on any atom is 0.407 e. The summed E-state index contributed by atoms with van der Waals surface area (Å²) in [4.78, 5) is 57.7. The van der Waals surface area contributed by atoms with Gasteiger partial charge in [-0.05, 0) is 53.4 Å². The zero-order valence-electron chi connectivity index (χ0n) is 31.6. The van der Waals surface area contributed by atoms with Crippen LogP contribution in [0.1, 0.15) is 59.1 Å². The Labute approximate surface area is 307 Å². The second-order valence-corrected chi connectivity index (χ2v) is 15.4. The number of ether oxygens (including phenoxy) is 1. The van der Waals surface area contributed by atoms with Gasteiger partial charge >= 0.3 is 6.09 Å². The molecule has 4 amide bonds. The van der Waals surface area contributed by atoms with Gasteiger partial charge in [0.15, 0.2) is 0 Å². The van der Waals surface area contributed by atoms with E-state index >= 15 is 0 Å². The zero-order chi connectivity index (χ0) is 38.6. The summed E-state index contributed by atoms with van der Waals surface area (Å²) in [6.07, 6.45) is -0.0885. The minimum atomic E-state index is -1.24. The summed E-state index contributed by atoms with van der Waals surface area (Å²) in [7, 11) is 2.76. The second kappa shape index (κ2) is 18.6. The van der Waals surface area contributed by atoms with Crippen LogP contribution in [0.3, 0.4) is 0 Å². The molecule has 0 saturated heterocycles. The summed E-state index contributed by atoms with van der Waals surface area (Å²) in [5.74, 6) is -1.43. The normalized spacial score (nSPS) is 14.6. The third kappa shape index (κ3) is 12.4. The number of aromatic nitrogens is 1. The molecule has 5 N–H and O–H groups in total. The minimum Gasteiger partial charge on any atom is -0.465 e. The summed E-state index contributed by atoms with van der Waals surface area (Å²) in [5.41, 5.74) is 2.04. The van der Waals surface area contributed by atoms with Crippen LogP contribution in [0.25, 0.3) is 11.3 Å². The van der Waals surface area contributed by atoms with Gasteiger partial charge in [0.2, 0.25) is 17.7 Å². The van der Waals surface area contributed by atoms with Crippen LogP contribution in [0.5, 0.6) is 0 Å². The minimum absolute atomic E-state index is 0.0232. The Bertz CT molecular complexity index is 1610. The number of pyridine rings is 1. The molecule has 3 rings (SSSR count). The summed E-state index contributed by atoms with van der Waals surface area (Å²) in [6.45, 7) is 10.6. The molecule has 0 aliphatic heterocycles. The predicted octanol–water partition coefficient (Wildman–Crippen LogP) is 4.46. The van der Waals surface area contributed by atoms with Crippen molar-refractivity contribution in [3.05, 3.63) is 90.1 Å². The quantitative estimate of drug-likeness (QED) is 0.145. The number of carboxylic acid groups (broad SMARTS) is 1. The molecule has 3 aromatic rings. The van der Waals surface area contributed by atoms with Crippen molar-refractivity contribution in [2.75, 3.05) is 20.8 Å². The van der Waals surface area contributed by atoms with Crippen LogP contribution < -0.4 is 16.0 Å². The van der Waals surface area contributed by atoms with Gasteiger partial charge in [-0.1, -0.05) is 102 Å². The fourth-order valence-electron chi connectivity index (χ4n) is 6.25. The van der Waals surface area contributed by atoms with E-state index in [1.807, 2.05) is 93.6 Å². The number of likely N-dealkylation sites (N-methyl/N-ethyl adjacent to an activating group) is 1. The van der Waals surface area contributed by atoms with Gasteiger partial charge < -0.3 is 30.9 Å². The first-order valence-electron chi connectivity index (χ1n) is 17.5. The molecule has 1 heterocycles. The highest BCUT2D eigenvalue weighted by Gasteiger charge is 2.39. The van der Waals surface area contributed by atoms with Crippen LogP contribution in [0.15, 0.2) is 79.0 Å². The topological polar surface area (TPSA) is 170 Å². The van der Waals surface area contributed by atoms with Crippen molar-refractivity contribution >= 4 is 23.8 Å². The number of aliphatic hydroxyl groups is 1. The van der Waals surface area contributed by atoms with E-state index in [0.717, 1.165) is 27.3 Å². The molecule has 0 radical (unpaired) electrons. The van der Waals surface area contributed by atoms with Crippen molar-refractivity contribution in [2.45, 2.75) is 91.1 Å². The molecule has 0 unspecified atom stereocenters. The highest BCUT2D eigenvalue weighted by molar-refractivity contribution is 5.89. The van der Waals surface area contributed by atoms with Crippen molar-refractivity contribution in [1.82, 2.24) is 25.8 Å². The summed E-state index contributed by atoms with van der Waals surface area (Å²) < 4.78 is 4.96. The number of aliphatic hydroxyl groups excluding tert-OH is 1. The number of nitrogens with zero attached hydrogens (tertiary/aromatic N) is 2. The van der Waals surface area contributed by atoms with Crippen molar-refractivity contribution in [3.63, 3.8) is 0 Å². The van der Waals surface area contributed by atoms with Crippen molar-refractivity contribution < 1.29 is 34.1 Å². The third-order valence-corrected chi connectivity index (χ3v) is 8.83. The standard InChI is InChI=1S/C40H55N5O7/c1-39(2,3)34(44-33(47)25-52-8)36(48)43-31(23-26-14-10-9-11-15-26)32(46)24-29(42-37(49)35(40(4,5)6)45(7)38(50)51)22-27-17-19-28(20-18-27)30-16-12-13-21-41-30/h9-21,29,31-32,34-35,46H,22-25H2,1-8H3,(H,42,49)(H,43,48)(H,44,47)(H,50,51)/t29-,31-,32-,34+,35+/m0/s1. The molecule has 52 heavy (non-hydrogen) atoms. The second-order valence-electron chi connectivity index (χ2n) is 15.4. The van der Waals surface area contributed by atoms with Crippen molar-refractivity contribution in [2.24, 2.45) is 10.8 Å². The number of carbonyl (C=O) groups excluding carboxylic acids is 3. The van der Waals surface area contributed by atoms with Crippen LogP contribution >= 0.6 is 0 Å². The molecule has 2 aromatic carbocycles. The van der Waals surface area contributed by atoms with E-state index in [0.29, 0.717) is 6.42 Å². The smallest absolute Gasteiger partial charge is 0.407 e. The number of benzene rings is 2. The fourth-order valence-corrected chi connectivity index (χ4v) is 6.25. The van der Waals surface area contributed by atoms with E-state index < -0.39 is 64.9 Å². The first kappa shape index (κ1) is 41.6. The summed E-state index contributed by atoms with van der Waals surface area (Å²) in [6, 6.07) is 19.4. The van der Waals surface area contributed by atoms with E-state index in [1.54, 1.807) is 27.0 Å². The Hall–Kier alpha value is -4.81. The van der Waals surface area contributed by atoms with Gasteiger partial charge in [-0.2, -0.15) is 0 Å². The average Bonchev–Trinajstić information content (AvgIpc) is 3.07. The lowest BCUT2D eigenvalue weighted by atomic mass is 9.84. The highest BCUT2D eigenvalue weighted by Crippen LogP contribution is 2.26. The summed E-state index contributed by atoms with van der Waals surface area (Å²) >= 11 is 0. The van der Waals surface area contributed by atoms with E-state index in [9.17, 15) is 29.4 Å². The molecule has 0 aliphatic carbocycles. The molecule has 0 saturated carbocycles. The zero-order valence-corrected chi connectivity index (χ0v) is 31.6. The molecule has 0 fully saturated rings. The van der Waals surface area contributed by atoms with Gasteiger partial charge in [-0.3, -0.25) is 24.3 Å². The SMILES string of the molecule is COCC(=O)N[C@H](C(=O)N[C@@H](Cc1ccccc1)[C@@H](O)C[C@H](Cc1ccc(-c2ccccn2)cc1)NC(=O)[C@@H](N(C)C(=O)O)C(C)(C)C)C(C)(C)C. The molecular formula is C40H55N5O7. The van der Waals surface area contributed by atoms with Gasteiger partial charge in [0.25, 0.3) is 0 Å². The Kier molecular flexibility index (Phi) is 14.9. The lowest BCUT2D eigenvalue weighted by Gasteiger charge is -2.37. The molecule has 5 atom stereocenters. The number of methoxy groups -OCH3 is 1. The monoisotopic (exact) mass is 717 g/mol. The Morgan fingerprint density at radius 3 is 1.94 bits per heavy atom. The van der Waals surface area contributed by atoms with Crippen LogP contribution in [0.4, 0.5) is 4.79 Å². The van der Waals surface area contributed by atoms with Crippen LogP contribution in [0.2, 0.25) is 0 Å². The molecule has 0 spiro atoms. The Balaban J connectivity index is 1.97. The van der Waals surface area contributed by atoms with Gasteiger partial charge in [-0.15, -0.1) is 0 Å². The number of hydrogen-bond donors (Lipinski definition) is 5. The van der Waals surface area contributed by atoms with Crippen LogP contribution in [-0.4, -0.2) is 94.9 Å². The number of rotatable bonds is 16. The fraction of sp³-hybridized carbons (Fsp3) is 0.475. The highest BCUT2D eigenvalue weighted by atomic mass is 16.5. The first-order valence-corrected chi connectivity index (χ1v) is 17.5. The number of amides is 4. The lowest BCUT2D eigenvalue weighted by Crippen LogP contribution is -2.59. The first-order chi connectivity index (χ1) is 24.4. The van der Waals surface area contributed by atoms with Crippen LogP contribution in [-0.2, 0) is 32.0 Å². The van der Waals surface area contributed by atoms with E-state index in [4.69, 9.17) is 4.74 Å². The molecule has 12 heteroatoms. The van der Waals surface area contributed by atoms with Gasteiger partial charge in [0.1, 0.15) is 18.7 Å². The van der Waals surface area contributed by atoms with Gasteiger partial charge in [0.05, 0.1) is 17.8 Å². The molecule has 0 bridgehead atoms. The Morgan fingerprint density at radius 1 is 0.788 bits per heavy atom. The maximum absolute atomic E-state index is 13.9. The van der Waals surface area contributed by atoms with Crippen LogP contribution in [0, 0.1) is 10.8 Å². The van der Waals surface area contributed by atoms with E-state index in [-0.39, 0.29) is 19.4 Å². The largest absolute Gasteiger partial charge is 0.465 e. The Morgan fingerprint density at radius 2 is 1.40 bits per heavy atom. The summed E-state index contributed by atoms with van der Waals surface area (Å²) in [5, 5.41) is 30.5. The third-order valence-electron chi connectivity index (χ3n) is 8.83. The molecule has 282 valence electrons. The number of carbonyl (C=O) groups is 4. The van der Waals surface area contributed by atoms with E-state index in [1.165, 1.54) is 14.2 Å².